The molecule has 0 aliphatic carbocycles. The van der Waals surface area contributed by atoms with Crippen LogP contribution < -0.4 is 14.2 Å². The first-order valence-electron chi connectivity index (χ1n) is 12.1. The van der Waals surface area contributed by atoms with Crippen LogP contribution in [-0.4, -0.2) is 43.6 Å². The lowest BCUT2D eigenvalue weighted by Crippen LogP contribution is -2.03. The fraction of sp³-hybridized carbons (Fsp3) is 0.172. The van der Waals surface area contributed by atoms with E-state index in [1.54, 1.807) is 31.1 Å². The molecule has 0 spiro atoms. The van der Waals surface area contributed by atoms with Crippen LogP contribution in [0.2, 0.25) is 0 Å². The molecule has 9 nitrogen and oxygen atoms in total. The lowest BCUT2D eigenvalue weighted by molar-refractivity contribution is 0.301. The molecule has 0 amide bonds. The second-order valence-corrected chi connectivity index (χ2v) is 8.96. The molecule has 0 aliphatic rings. The molecule has 9 heteroatoms. The summed E-state index contributed by atoms with van der Waals surface area (Å²) in [6.45, 7) is 4.42. The SMILES string of the molecule is COc1ccc(COc2cc(OC)c(-n3nc(C)c4cnc(-c5cnn6cccnc56)cc43)cc2C)cc1. The number of hydrogen-bond donors (Lipinski definition) is 0. The number of methoxy groups -OCH3 is 2. The number of rotatable bonds is 7. The standard InChI is InChI=1S/C29H26N6O3/c1-18-12-26(28(37-4)14-27(18)38-17-20-6-8-21(36-3)9-7-20)35-25-13-24(31-15-22(25)19(2)33-35)23-16-32-34-11-5-10-30-29(23)34/h5-16H,17H2,1-4H3. The Morgan fingerprint density at radius 3 is 2.53 bits per heavy atom. The molecule has 0 saturated heterocycles. The van der Waals surface area contributed by atoms with Crippen molar-refractivity contribution in [3.05, 3.63) is 90.1 Å². The van der Waals surface area contributed by atoms with Gasteiger partial charge in [0.15, 0.2) is 5.65 Å². The number of hydrogen-bond acceptors (Lipinski definition) is 7. The van der Waals surface area contributed by atoms with Gasteiger partial charge in [-0.3, -0.25) is 4.98 Å². The predicted molar refractivity (Wildman–Crippen MR) is 144 cm³/mol. The summed E-state index contributed by atoms with van der Waals surface area (Å²) in [4.78, 5) is 9.18. The molecule has 0 aliphatic heterocycles. The number of fused-ring (bicyclic) bond motifs is 2. The van der Waals surface area contributed by atoms with E-state index in [9.17, 15) is 0 Å². The van der Waals surface area contributed by atoms with Crippen molar-refractivity contribution in [3.63, 3.8) is 0 Å². The second kappa shape index (κ2) is 9.51. The van der Waals surface area contributed by atoms with Crippen LogP contribution in [0.5, 0.6) is 17.2 Å². The first-order chi connectivity index (χ1) is 18.6. The summed E-state index contributed by atoms with van der Waals surface area (Å²) in [7, 11) is 3.30. The molecule has 0 atom stereocenters. The Balaban J connectivity index is 1.38. The average Bonchev–Trinajstić information content (AvgIpc) is 3.53. The van der Waals surface area contributed by atoms with Crippen LogP contribution in [0.25, 0.3) is 33.5 Å². The predicted octanol–water partition coefficient (Wildman–Crippen LogP) is 5.34. The number of ether oxygens (including phenoxy) is 3. The molecular formula is C29H26N6O3. The molecule has 2 aromatic carbocycles. The van der Waals surface area contributed by atoms with E-state index in [0.29, 0.717) is 12.4 Å². The second-order valence-electron chi connectivity index (χ2n) is 8.96. The van der Waals surface area contributed by atoms with Crippen molar-refractivity contribution >= 4 is 16.6 Å². The summed E-state index contributed by atoms with van der Waals surface area (Å²) < 4.78 is 20.8. The summed E-state index contributed by atoms with van der Waals surface area (Å²) in [6, 6.07) is 15.6. The van der Waals surface area contributed by atoms with Crippen LogP contribution in [0.1, 0.15) is 16.8 Å². The number of benzene rings is 2. The minimum absolute atomic E-state index is 0.430. The van der Waals surface area contributed by atoms with Crippen molar-refractivity contribution in [2.45, 2.75) is 20.5 Å². The average molecular weight is 507 g/mol. The molecular weight excluding hydrogens is 480 g/mol. The van der Waals surface area contributed by atoms with E-state index < -0.39 is 0 Å². The minimum Gasteiger partial charge on any atom is -0.497 e. The third kappa shape index (κ3) is 4.07. The molecule has 0 bridgehead atoms. The number of pyridine rings is 1. The van der Waals surface area contributed by atoms with E-state index in [2.05, 4.69) is 10.1 Å². The first kappa shape index (κ1) is 23.5. The quantitative estimate of drug-likeness (QED) is 0.289. The maximum atomic E-state index is 6.15. The summed E-state index contributed by atoms with van der Waals surface area (Å²) in [5.41, 5.74) is 6.97. The van der Waals surface area contributed by atoms with Crippen LogP contribution in [0.4, 0.5) is 0 Å². The van der Waals surface area contributed by atoms with Crippen molar-refractivity contribution in [1.82, 2.24) is 29.4 Å². The van der Waals surface area contributed by atoms with Gasteiger partial charge < -0.3 is 14.2 Å². The van der Waals surface area contributed by atoms with Gasteiger partial charge in [-0.1, -0.05) is 12.1 Å². The van der Waals surface area contributed by atoms with Gasteiger partial charge in [0, 0.05) is 30.0 Å². The van der Waals surface area contributed by atoms with Crippen molar-refractivity contribution in [2.75, 3.05) is 14.2 Å². The van der Waals surface area contributed by atoms with E-state index in [1.165, 1.54) is 0 Å². The van der Waals surface area contributed by atoms with E-state index in [0.717, 1.165) is 61.8 Å². The normalized spacial score (nSPS) is 11.3. The van der Waals surface area contributed by atoms with Gasteiger partial charge in [-0.15, -0.1) is 0 Å². The van der Waals surface area contributed by atoms with E-state index in [4.69, 9.17) is 24.3 Å². The highest BCUT2D eigenvalue weighted by molar-refractivity contribution is 5.88. The Kier molecular flexibility index (Phi) is 5.88. The van der Waals surface area contributed by atoms with Gasteiger partial charge in [0.05, 0.1) is 42.9 Å². The molecule has 0 N–H and O–H groups in total. The molecule has 190 valence electrons. The maximum absolute atomic E-state index is 6.15. The van der Waals surface area contributed by atoms with Gasteiger partial charge in [-0.05, 0) is 55.3 Å². The summed E-state index contributed by atoms with van der Waals surface area (Å²) in [5, 5.41) is 10.2. The molecule has 0 radical (unpaired) electrons. The Labute approximate surface area is 219 Å². The number of nitrogens with zero attached hydrogens (tertiary/aromatic N) is 6. The van der Waals surface area contributed by atoms with Crippen molar-refractivity contribution < 1.29 is 14.2 Å². The van der Waals surface area contributed by atoms with Gasteiger partial charge in [0.2, 0.25) is 0 Å². The molecule has 0 fully saturated rings. The third-order valence-corrected chi connectivity index (χ3v) is 6.56. The smallest absolute Gasteiger partial charge is 0.164 e. The lowest BCUT2D eigenvalue weighted by atomic mass is 10.1. The third-order valence-electron chi connectivity index (χ3n) is 6.56. The van der Waals surface area contributed by atoms with Crippen molar-refractivity contribution in [3.8, 4) is 34.2 Å². The molecule has 38 heavy (non-hydrogen) atoms. The van der Waals surface area contributed by atoms with Gasteiger partial charge in [-0.25, -0.2) is 14.2 Å². The van der Waals surface area contributed by atoms with Crippen LogP contribution in [-0.2, 0) is 6.61 Å². The van der Waals surface area contributed by atoms with Crippen LogP contribution in [0.3, 0.4) is 0 Å². The highest BCUT2D eigenvalue weighted by Crippen LogP contribution is 2.35. The fourth-order valence-corrected chi connectivity index (χ4v) is 4.52. The van der Waals surface area contributed by atoms with Crippen LogP contribution >= 0.6 is 0 Å². The Morgan fingerprint density at radius 1 is 0.895 bits per heavy atom. The molecule has 6 aromatic rings. The highest BCUT2D eigenvalue weighted by atomic mass is 16.5. The molecule has 4 aromatic heterocycles. The monoisotopic (exact) mass is 506 g/mol. The summed E-state index contributed by atoms with van der Waals surface area (Å²) in [6.07, 6.45) is 7.25. The van der Waals surface area contributed by atoms with Crippen LogP contribution in [0.15, 0.2) is 73.3 Å². The highest BCUT2D eigenvalue weighted by Gasteiger charge is 2.18. The zero-order valence-corrected chi connectivity index (χ0v) is 21.5. The maximum Gasteiger partial charge on any atom is 0.164 e. The largest absolute Gasteiger partial charge is 0.497 e. The van der Waals surface area contributed by atoms with E-state index in [-0.39, 0.29) is 0 Å². The van der Waals surface area contributed by atoms with E-state index in [1.807, 2.05) is 79.5 Å². The van der Waals surface area contributed by atoms with Crippen molar-refractivity contribution in [2.24, 2.45) is 0 Å². The number of aryl methyl sites for hydroxylation is 2. The zero-order chi connectivity index (χ0) is 26.2. The molecule has 6 rings (SSSR count). The molecule has 0 saturated carbocycles. The van der Waals surface area contributed by atoms with Gasteiger partial charge in [0.25, 0.3) is 0 Å². The van der Waals surface area contributed by atoms with Crippen molar-refractivity contribution in [1.29, 1.82) is 0 Å². The molecule has 4 heterocycles. The first-order valence-corrected chi connectivity index (χ1v) is 12.1. The number of aromatic nitrogens is 6. The Hall–Kier alpha value is -4.92. The Bertz CT molecular complexity index is 1770. The fourth-order valence-electron chi connectivity index (χ4n) is 4.52. The topological polar surface area (TPSA) is 88.6 Å². The summed E-state index contributed by atoms with van der Waals surface area (Å²) >= 11 is 0. The summed E-state index contributed by atoms with van der Waals surface area (Å²) in [5.74, 6) is 2.21. The van der Waals surface area contributed by atoms with E-state index >= 15 is 0 Å². The zero-order valence-electron chi connectivity index (χ0n) is 21.5. The Morgan fingerprint density at radius 2 is 1.74 bits per heavy atom. The lowest BCUT2D eigenvalue weighted by Gasteiger charge is -2.15. The minimum atomic E-state index is 0.430. The van der Waals surface area contributed by atoms with Crippen LogP contribution in [0, 0.1) is 13.8 Å². The van der Waals surface area contributed by atoms with Gasteiger partial charge in [0.1, 0.15) is 29.5 Å². The molecule has 0 unspecified atom stereocenters. The van der Waals surface area contributed by atoms with Gasteiger partial charge in [-0.2, -0.15) is 10.2 Å². The van der Waals surface area contributed by atoms with Gasteiger partial charge >= 0.3 is 0 Å².